The SMILES string of the molecule is COCc1ccc(CCCCN)cc1O. The number of aromatic hydroxyl groups is 1. The molecule has 3 heteroatoms. The van der Waals surface area contributed by atoms with Crippen LogP contribution >= 0.6 is 0 Å². The van der Waals surface area contributed by atoms with E-state index in [2.05, 4.69) is 0 Å². The van der Waals surface area contributed by atoms with Crippen LogP contribution in [0.2, 0.25) is 0 Å². The van der Waals surface area contributed by atoms with E-state index in [1.54, 1.807) is 7.11 Å². The number of unbranched alkanes of at least 4 members (excludes halogenated alkanes) is 1. The second kappa shape index (κ2) is 6.43. The van der Waals surface area contributed by atoms with Gasteiger partial charge < -0.3 is 15.6 Å². The van der Waals surface area contributed by atoms with Crippen molar-refractivity contribution in [3.63, 3.8) is 0 Å². The third kappa shape index (κ3) is 3.90. The first-order valence-corrected chi connectivity index (χ1v) is 5.27. The fourth-order valence-electron chi connectivity index (χ4n) is 1.52. The van der Waals surface area contributed by atoms with E-state index in [0.717, 1.165) is 36.9 Å². The maximum Gasteiger partial charge on any atom is 0.121 e. The zero-order valence-electron chi connectivity index (χ0n) is 9.20. The minimum atomic E-state index is 0.321. The van der Waals surface area contributed by atoms with Crippen LogP contribution in [0.1, 0.15) is 24.0 Å². The second-order valence-corrected chi connectivity index (χ2v) is 3.64. The van der Waals surface area contributed by atoms with Crippen molar-refractivity contribution in [2.75, 3.05) is 13.7 Å². The molecule has 15 heavy (non-hydrogen) atoms. The number of nitrogens with two attached hydrogens (primary N) is 1. The smallest absolute Gasteiger partial charge is 0.121 e. The first-order chi connectivity index (χ1) is 7.27. The van der Waals surface area contributed by atoms with E-state index in [1.165, 1.54) is 0 Å². The van der Waals surface area contributed by atoms with Gasteiger partial charge in [-0.25, -0.2) is 0 Å². The highest BCUT2D eigenvalue weighted by Crippen LogP contribution is 2.20. The Morgan fingerprint density at radius 2 is 2.13 bits per heavy atom. The highest BCUT2D eigenvalue weighted by Gasteiger charge is 2.02. The number of phenolic OH excluding ortho intramolecular Hbond substituents is 1. The van der Waals surface area contributed by atoms with Crippen molar-refractivity contribution in [1.82, 2.24) is 0 Å². The molecule has 84 valence electrons. The summed E-state index contributed by atoms with van der Waals surface area (Å²) in [5.41, 5.74) is 7.41. The molecule has 0 aliphatic heterocycles. The van der Waals surface area contributed by atoms with Crippen LogP contribution in [0, 0.1) is 0 Å². The Labute approximate surface area is 90.9 Å². The third-order valence-electron chi connectivity index (χ3n) is 2.37. The zero-order chi connectivity index (χ0) is 11.1. The Balaban J connectivity index is 2.56. The molecule has 3 nitrogen and oxygen atoms in total. The van der Waals surface area contributed by atoms with E-state index in [4.69, 9.17) is 10.5 Å². The van der Waals surface area contributed by atoms with Crippen molar-refractivity contribution >= 4 is 0 Å². The first kappa shape index (κ1) is 12.0. The lowest BCUT2D eigenvalue weighted by Crippen LogP contribution is -1.99. The molecule has 0 atom stereocenters. The fourth-order valence-corrected chi connectivity index (χ4v) is 1.52. The minimum Gasteiger partial charge on any atom is -0.508 e. The summed E-state index contributed by atoms with van der Waals surface area (Å²) in [6, 6.07) is 5.76. The Morgan fingerprint density at radius 3 is 2.73 bits per heavy atom. The maximum atomic E-state index is 9.67. The lowest BCUT2D eigenvalue weighted by atomic mass is 10.1. The second-order valence-electron chi connectivity index (χ2n) is 3.64. The van der Waals surface area contributed by atoms with Gasteiger partial charge in [-0.1, -0.05) is 12.1 Å². The average molecular weight is 209 g/mol. The van der Waals surface area contributed by atoms with Crippen LogP contribution in [0.25, 0.3) is 0 Å². The number of hydrogen-bond donors (Lipinski definition) is 2. The van der Waals surface area contributed by atoms with E-state index in [0.29, 0.717) is 12.4 Å². The van der Waals surface area contributed by atoms with Crippen molar-refractivity contribution in [3.8, 4) is 5.75 Å². The number of benzene rings is 1. The molecule has 0 radical (unpaired) electrons. The number of ether oxygens (including phenoxy) is 1. The van der Waals surface area contributed by atoms with E-state index < -0.39 is 0 Å². The molecule has 1 aromatic rings. The van der Waals surface area contributed by atoms with Crippen LogP contribution in [0.3, 0.4) is 0 Å². The summed E-state index contributed by atoms with van der Waals surface area (Å²) in [5, 5.41) is 9.67. The predicted molar refractivity (Wildman–Crippen MR) is 60.8 cm³/mol. The Bertz CT molecular complexity index is 300. The molecule has 0 aliphatic rings. The standard InChI is InChI=1S/C12H19NO2/c1-15-9-11-6-5-10(8-12(11)14)4-2-3-7-13/h5-6,8,14H,2-4,7,9,13H2,1H3. The lowest BCUT2D eigenvalue weighted by Gasteiger charge is -2.06. The van der Waals surface area contributed by atoms with Gasteiger partial charge in [-0.3, -0.25) is 0 Å². The normalized spacial score (nSPS) is 10.5. The van der Waals surface area contributed by atoms with Crippen LogP contribution < -0.4 is 5.73 Å². The molecule has 0 spiro atoms. The minimum absolute atomic E-state index is 0.321. The number of phenols is 1. The molecule has 1 rings (SSSR count). The monoisotopic (exact) mass is 209 g/mol. The van der Waals surface area contributed by atoms with Crippen molar-refractivity contribution in [3.05, 3.63) is 29.3 Å². The van der Waals surface area contributed by atoms with Gasteiger partial charge in [0.15, 0.2) is 0 Å². The molecule has 0 saturated heterocycles. The molecule has 0 heterocycles. The van der Waals surface area contributed by atoms with Gasteiger partial charge in [0.1, 0.15) is 5.75 Å². The summed E-state index contributed by atoms with van der Waals surface area (Å²) in [4.78, 5) is 0. The first-order valence-electron chi connectivity index (χ1n) is 5.27. The van der Waals surface area contributed by atoms with Gasteiger partial charge in [0.25, 0.3) is 0 Å². The summed E-state index contributed by atoms with van der Waals surface area (Å²) in [6.07, 6.45) is 3.07. The number of aryl methyl sites for hydroxylation is 1. The Hall–Kier alpha value is -1.06. The Kier molecular flexibility index (Phi) is 5.15. The highest BCUT2D eigenvalue weighted by atomic mass is 16.5. The molecule has 0 aliphatic carbocycles. The largest absolute Gasteiger partial charge is 0.508 e. The van der Waals surface area contributed by atoms with Crippen molar-refractivity contribution < 1.29 is 9.84 Å². The highest BCUT2D eigenvalue weighted by molar-refractivity contribution is 5.36. The molecule has 0 aromatic heterocycles. The van der Waals surface area contributed by atoms with Gasteiger partial charge in [0.05, 0.1) is 6.61 Å². The van der Waals surface area contributed by atoms with Crippen molar-refractivity contribution in [2.24, 2.45) is 5.73 Å². The molecule has 0 saturated carbocycles. The molecule has 0 bridgehead atoms. The average Bonchev–Trinajstić information content (AvgIpc) is 2.23. The van der Waals surface area contributed by atoms with E-state index in [-0.39, 0.29) is 0 Å². The quantitative estimate of drug-likeness (QED) is 0.703. The summed E-state index contributed by atoms with van der Waals surface area (Å²) in [5.74, 6) is 0.321. The number of rotatable bonds is 6. The van der Waals surface area contributed by atoms with E-state index in [1.807, 2.05) is 18.2 Å². The molecule has 1 aromatic carbocycles. The summed E-state index contributed by atoms with van der Waals surface area (Å²) in [6.45, 7) is 1.18. The van der Waals surface area contributed by atoms with Gasteiger partial charge in [-0.2, -0.15) is 0 Å². The summed E-state index contributed by atoms with van der Waals surface area (Å²) < 4.78 is 4.97. The Morgan fingerprint density at radius 1 is 1.33 bits per heavy atom. The zero-order valence-corrected chi connectivity index (χ0v) is 9.20. The van der Waals surface area contributed by atoms with Gasteiger partial charge in [-0.05, 0) is 37.4 Å². The van der Waals surface area contributed by atoms with Crippen molar-refractivity contribution in [2.45, 2.75) is 25.9 Å². The molecule has 0 unspecified atom stereocenters. The summed E-state index contributed by atoms with van der Waals surface area (Å²) in [7, 11) is 1.62. The van der Waals surface area contributed by atoms with Crippen LogP contribution in [-0.4, -0.2) is 18.8 Å². The van der Waals surface area contributed by atoms with Gasteiger partial charge in [0, 0.05) is 12.7 Å². The molecule has 0 amide bonds. The van der Waals surface area contributed by atoms with Crippen molar-refractivity contribution in [1.29, 1.82) is 0 Å². The number of methoxy groups -OCH3 is 1. The third-order valence-corrected chi connectivity index (χ3v) is 2.37. The van der Waals surface area contributed by atoms with E-state index >= 15 is 0 Å². The fraction of sp³-hybridized carbons (Fsp3) is 0.500. The lowest BCUT2D eigenvalue weighted by molar-refractivity contribution is 0.182. The molecule has 3 N–H and O–H groups in total. The summed E-state index contributed by atoms with van der Waals surface area (Å²) >= 11 is 0. The van der Waals surface area contributed by atoms with Gasteiger partial charge in [-0.15, -0.1) is 0 Å². The predicted octanol–water partition coefficient (Wildman–Crippen LogP) is 1.82. The molecular weight excluding hydrogens is 190 g/mol. The molecule has 0 fully saturated rings. The van der Waals surface area contributed by atoms with Crippen LogP contribution in [0.4, 0.5) is 0 Å². The molecular formula is C12H19NO2. The van der Waals surface area contributed by atoms with E-state index in [9.17, 15) is 5.11 Å². The number of hydrogen-bond acceptors (Lipinski definition) is 3. The van der Waals surface area contributed by atoms with Crippen LogP contribution in [0.5, 0.6) is 5.75 Å². The van der Waals surface area contributed by atoms with Crippen LogP contribution in [-0.2, 0) is 17.8 Å². The van der Waals surface area contributed by atoms with Crippen LogP contribution in [0.15, 0.2) is 18.2 Å². The maximum absolute atomic E-state index is 9.67. The topological polar surface area (TPSA) is 55.5 Å². The van der Waals surface area contributed by atoms with Gasteiger partial charge >= 0.3 is 0 Å². The van der Waals surface area contributed by atoms with Gasteiger partial charge in [0.2, 0.25) is 0 Å².